The van der Waals surface area contributed by atoms with Crippen molar-refractivity contribution in [2.24, 2.45) is 0 Å². The number of carbonyl (C=O) groups excluding carboxylic acids is 1. The number of anilines is 1. The van der Waals surface area contributed by atoms with Gasteiger partial charge in [-0.1, -0.05) is 6.07 Å². The number of amides is 1. The summed E-state index contributed by atoms with van der Waals surface area (Å²) in [6.07, 6.45) is -1.55. The molecule has 7 nitrogen and oxygen atoms in total. The van der Waals surface area contributed by atoms with Gasteiger partial charge >= 0.3 is 6.18 Å². The van der Waals surface area contributed by atoms with Gasteiger partial charge in [0.1, 0.15) is 5.82 Å². The van der Waals surface area contributed by atoms with E-state index in [0.717, 1.165) is 12.1 Å². The smallest absolute Gasteiger partial charge is 0.416 e. The normalized spacial score (nSPS) is 15.2. The Bertz CT molecular complexity index is 885. The molecule has 1 aromatic carbocycles. The summed E-state index contributed by atoms with van der Waals surface area (Å²) in [7, 11) is 1.51. The van der Waals surface area contributed by atoms with Crippen molar-refractivity contribution >= 4 is 11.7 Å². The van der Waals surface area contributed by atoms with Gasteiger partial charge < -0.3 is 15.0 Å². The van der Waals surface area contributed by atoms with Gasteiger partial charge in [-0.2, -0.15) is 18.2 Å². The molecule has 2 aromatic rings. The van der Waals surface area contributed by atoms with Crippen LogP contribution in [0.15, 0.2) is 30.6 Å². The van der Waals surface area contributed by atoms with Crippen LogP contribution in [0.1, 0.15) is 11.1 Å². The van der Waals surface area contributed by atoms with E-state index in [0.29, 0.717) is 43.9 Å². The van der Waals surface area contributed by atoms with E-state index in [9.17, 15) is 22.4 Å². The zero-order chi connectivity index (χ0) is 21.7. The number of halogens is 4. The number of ether oxygens (including phenoxy) is 1. The molecule has 0 radical (unpaired) electrons. The van der Waals surface area contributed by atoms with Gasteiger partial charge in [-0.3, -0.25) is 14.7 Å². The number of alkyl halides is 3. The fraction of sp³-hybridized carbons (Fsp3) is 0.421. The highest BCUT2D eigenvalue weighted by Crippen LogP contribution is 2.32. The molecular weight excluding hydrogens is 406 g/mol. The highest BCUT2D eigenvalue weighted by Gasteiger charge is 2.33. The van der Waals surface area contributed by atoms with Crippen molar-refractivity contribution in [2.45, 2.75) is 12.7 Å². The van der Waals surface area contributed by atoms with Crippen LogP contribution in [-0.2, 0) is 17.5 Å². The summed E-state index contributed by atoms with van der Waals surface area (Å²) in [6.45, 7) is 2.12. The predicted octanol–water partition coefficient (Wildman–Crippen LogP) is 2.08. The maximum atomic E-state index is 13.2. The first-order valence-corrected chi connectivity index (χ1v) is 9.22. The number of nitrogens with zero attached hydrogens (tertiary/aromatic N) is 4. The van der Waals surface area contributed by atoms with Gasteiger partial charge in [0.05, 0.1) is 31.6 Å². The Morgan fingerprint density at radius 1 is 1.20 bits per heavy atom. The minimum Gasteiger partial charge on any atom is -0.480 e. The van der Waals surface area contributed by atoms with E-state index in [1.165, 1.54) is 13.3 Å². The average Bonchev–Trinajstić information content (AvgIpc) is 2.73. The molecule has 1 fully saturated rings. The zero-order valence-electron chi connectivity index (χ0n) is 16.2. The lowest BCUT2D eigenvalue weighted by atomic mass is 10.1. The molecule has 0 atom stereocenters. The Kier molecular flexibility index (Phi) is 6.70. The second-order valence-corrected chi connectivity index (χ2v) is 6.76. The Morgan fingerprint density at radius 3 is 2.60 bits per heavy atom. The minimum absolute atomic E-state index is 0.0557. The van der Waals surface area contributed by atoms with Gasteiger partial charge in [0, 0.05) is 32.7 Å². The Hall–Kier alpha value is -2.95. The van der Waals surface area contributed by atoms with Gasteiger partial charge in [0.15, 0.2) is 5.82 Å². The number of benzene rings is 1. The number of aromatic nitrogens is 2. The summed E-state index contributed by atoms with van der Waals surface area (Å²) in [4.78, 5) is 24.5. The first-order chi connectivity index (χ1) is 14.3. The van der Waals surface area contributed by atoms with Crippen LogP contribution in [0.5, 0.6) is 5.88 Å². The first-order valence-electron chi connectivity index (χ1n) is 9.22. The molecule has 11 heteroatoms. The summed E-state index contributed by atoms with van der Waals surface area (Å²) < 4.78 is 57.4. The summed E-state index contributed by atoms with van der Waals surface area (Å²) in [6, 6.07) is 2.41. The fourth-order valence-electron chi connectivity index (χ4n) is 3.14. The molecule has 0 saturated carbocycles. The summed E-state index contributed by atoms with van der Waals surface area (Å²) >= 11 is 0. The van der Waals surface area contributed by atoms with Gasteiger partial charge in [-0.25, -0.2) is 4.39 Å². The maximum absolute atomic E-state index is 13.2. The van der Waals surface area contributed by atoms with Crippen molar-refractivity contribution < 1.29 is 27.1 Å². The van der Waals surface area contributed by atoms with Crippen LogP contribution in [0.25, 0.3) is 0 Å². The van der Waals surface area contributed by atoms with Crippen molar-refractivity contribution in [3.8, 4) is 5.88 Å². The Labute approximate surface area is 170 Å². The third-order valence-electron chi connectivity index (χ3n) is 4.73. The highest BCUT2D eigenvalue weighted by atomic mass is 19.4. The zero-order valence-corrected chi connectivity index (χ0v) is 16.2. The largest absolute Gasteiger partial charge is 0.480 e. The van der Waals surface area contributed by atoms with Crippen LogP contribution >= 0.6 is 0 Å². The molecular formula is C19H21F4N5O2. The average molecular weight is 427 g/mol. The molecule has 1 N–H and O–H groups in total. The third-order valence-corrected chi connectivity index (χ3v) is 4.73. The lowest BCUT2D eigenvalue weighted by molar-refractivity contribution is -0.138. The molecule has 1 saturated heterocycles. The van der Waals surface area contributed by atoms with E-state index in [1.54, 1.807) is 6.20 Å². The molecule has 2 heterocycles. The molecule has 0 aliphatic carbocycles. The number of hydrogen-bond acceptors (Lipinski definition) is 6. The van der Waals surface area contributed by atoms with Crippen LogP contribution < -0.4 is 15.0 Å². The van der Waals surface area contributed by atoms with Gasteiger partial charge in [0.2, 0.25) is 11.8 Å². The summed E-state index contributed by atoms with van der Waals surface area (Å²) in [5.74, 6) is -0.291. The maximum Gasteiger partial charge on any atom is 0.416 e. The van der Waals surface area contributed by atoms with Crippen LogP contribution in [0.2, 0.25) is 0 Å². The molecule has 1 aliphatic heterocycles. The van der Waals surface area contributed by atoms with Crippen molar-refractivity contribution in [1.82, 2.24) is 20.2 Å². The van der Waals surface area contributed by atoms with Crippen LogP contribution in [0, 0.1) is 5.82 Å². The Balaban J connectivity index is 1.50. The molecule has 1 aliphatic rings. The first kappa shape index (κ1) is 21.8. The molecule has 162 valence electrons. The second kappa shape index (κ2) is 9.24. The Morgan fingerprint density at radius 2 is 1.93 bits per heavy atom. The SMILES string of the molecule is COc1cncc(N2CCN(CC(=O)NCc3ccc(F)cc3C(F)(F)F)CC2)n1. The number of piperazine rings is 1. The van der Waals surface area contributed by atoms with Crippen LogP contribution in [0.3, 0.4) is 0 Å². The topological polar surface area (TPSA) is 70.6 Å². The van der Waals surface area contributed by atoms with E-state index in [2.05, 4.69) is 15.3 Å². The van der Waals surface area contributed by atoms with Gasteiger partial charge in [-0.15, -0.1) is 0 Å². The monoisotopic (exact) mass is 427 g/mol. The number of hydrogen-bond donors (Lipinski definition) is 1. The quantitative estimate of drug-likeness (QED) is 0.712. The van der Waals surface area contributed by atoms with E-state index in [1.807, 2.05) is 9.80 Å². The molecule has 3 rings (SSSR count). The van der Waals surface area contributed by atoms with Crippen molar-refractivity contribution in [3.63, 3.8) is 0 Å². The number of nitrogens with one attached hydrogen (secondary N) is 1. The molecule has 30 heavy (non-hydrogen) atoms. The standard InChI is InChI=1S/C19H21F4N5O2/c1-30-18-11-24-10-16(26-18)28-6-4-27(5-7-28)12-17(29)25-9-13-2-3-14(20)8-15(13)19(21,22)23/h2-3,8,10-11H,4-7,9,12H2,1H3,(H,25,29). The summed E-state index contributed by atoms with van der Waals surface area (Å²) in [5.41, 5.74) is -1.27. The van der Waals surface area contributed by atoms with Crippen LogP contribution in [-0.4, -0.2) is 60.6 Å². The predicted molar refractivity (Wildman–Crippen MR) is 100 cm³/mol. The van der Waals surface area contributed by atoms with E-state index in [-0.39, 0.29) is 18.7 Å². The highest BCUT2D eigenvalue weighted by molar-refractivity contribution is 5.78. The molecule has 0 spiro atoms. The third kappa shape index (κ3) is 5.56. The molecule has 1 aromatic heterocycles. The van der Waals surface area contributed by atoms with E-state index >= 15 is 0 Å². The van der Waals surface area contributed by atoms with Gasteiger partial charge in [0.25, 0.3) is 0 Å². The minimum atomic E-state index is -4.69. The molecule has 0 bridgehead atoms. The number of carbonyl (C=O) groups is 1. The van der Waals surface area contributed by atoms with E-state index < -0.39 is 23.5 Å². The molecule has 0 unspecified atom stereocenters. The molecule has 1 amide bonds. The second-order valence-electron chi connectivity index (χ2n) is 6.76. The van der Waals surface area contributed by atoms with Crippen molar-refractivity contribution in [2.75, 3.05) is 44.7 Å². The van der Waals surface area contributed by atoms with E-state index in [4.69, 9.17) is 4.74 Å². The van der Waals surface area contributed by atoms with Crippen molar-refractivity contribution in [3.05, 3.63) is 47.5 Å². The lowest BCUT2D eigenvalue weighted by Gasteiger charge is -2.34. The number of methoxy groups -OCH3 is 1. The lowest BCUT2D eigenvalue weighted by Crippen LogP contribution is -2.49. The van der Waals surface area contributed by atoms with Crippen LogP contribution in [0.4, 0.5) is 23.4 Å². The van der Waals surface area contributed by atoms with Crippen molar-refractivity contribution in [1.29, 1.82) is 0 Å². The van der Waals surface area contributed by atoms with Gasteiger partial charge in [-0.05, 0) is 17.7 Å². The fourth-order valence-corrected chi connectivity index (χ4v) is 3.14. The number of rotatable bonds is 6. The summed E-state index contributed by atoms with van der Waals surface area (Å²) in [5, 5.41) is 2.48.